The van der Waals surface area contributed by atoms with Crippen molar-refractivity contribution < 1.29 is 4.79 Å². The largest absolute Gasteiger partial charge is 0.364 e. The molecule has 0 unspecified atom stereocenters. The molecule has 1 atom stereocenters. The first-order valence-electron chi connectivity index (χ1n) is 4.81. The number of primary amides is 1. The van der Waals surface area contributed by atoms with Crippen molar-refractivity contribution in [3.8, 4) is 0 Å². The number of nitrogens with zero attached hydrogens (tertiary/aromatic N) is 2. The summed E-state index contributed by atoms with van der Waals surface area (Å²) < 4.78 is 1.96. The molecule has 14 heavy (non-hydrogen) atoms. The molecule has 1 aliphatic heterocycles. The molecule has 1 aromatic heterocycles. The van der Waals surface area contributed by atoms with Crippen molar-refractivity contribution in [3.05, 3.63) is 18.2 Å². The van der Waals surface area contributed by atoms with E-state index in [0.29, 0.717) is 11.7 Å². The van der Waals surface area contributed by atoms with Gasteiger partial charge in [-0.05, 0) is 19.4 Å². The van der Waals surface area contributed by atoms with Crippen LogP contribution in [0.4, 0.5) is 0 Å². The predicted octanol–water partition coefficient (Wildman–Crippen LogP) is -0.0935. The van der Waals surface area contributed by atoms with Gasteiger partial charge >= 0.3 is 0 Å². The van der Waals surface area contributed by atoms with Gasteiger partial charge in [-0.2, -0.15) is 0 Å². The second-order valence-corrected chi connectivity index (χ2v) is 3.57. The van der Waals surface area contributed by atoms with Gasteiger partial charge in [0.05, 0.1) is 6.33 Å². The molecule has 1 fully saturated rings. The number of carbonyl (C=O) groups is 1. The van der Waals surface area contributed by atoms with Crippen LogP contribution in [0.3, 0.4) is 0 Å². The zero-order valence-corrected chi connectivity index (χ0v) is 7.94. The van der Waals surface area contributed by atoms with Crippen LogP contribution in [0.2, 0.25) is 0 Å². The van der Waals surface area contributed by atoms with Gasteiger partial charge in [-0.25, -0.2) is 4.98 Å². The van der Waals surface area contributed by atoms with Crippen molar-refractivity contribution in [1.29, 1.82) is 0 Å². The smallest absolute Gasteiger partial charge is 0.268 e. The minimum atomic E-state index is -0.465. The molecular formula is C9H14N4O. The van der Waals surface area contributed by atoms with Crippen molar-refractivity contribution >= 4 is 5.91 Å². The van der Waals surface area contributed by atoms with E-state index in [1.807, 2.05) is 4.57 Å². The number of imidazole rings is 1. The molecular weight excluding hydrogens is 180 g/mol. The molecule has 0 saturated carbocycles. The molecule has 2 heterocycles. The summed E-state index contributed by atoms with van der Waals surface area (Å²) in [5, 5.41) is 3.31. The number of piperidine rings is 1. The fourth-order valence-electron chi connectivity index (χ4n) is 1.75. The van der Waals surface area contributed by atoms with Crippen LogP contribution >= 0.6 is 0 Å². The molecule has 2 rings (SSSR count). The normalized spacial score (nSPS) is 22.1. The summed E-state index contributed by atoms with van der Waals surface area (Å²) in [6.45, 7) is 2.02. The molecule has 0 bridgehead atoms. The van der Waals surface area contributed by atoms with Crippen LogP contribution in [-0.4, -0.2) is 28.5 Å². The molecule has 76 valence electrons. The maximum atomic E-state index is 10.8. The molecule has 1 saturated heterocycles. The summed E-state index contributed by atoms with van der Waals surface area (Å²) in [7, 11) is 0. The Hall–Kier alpha value is -1.36. The number of aromatic nitrogens is 2. The molecule has 0 radical (unpaired) electrons. The van der Waals surface area contributed by atoms with E-state index in [4.69, 9.17) is 5.73 Å². The molecule has 3 N–H and O–H groups in total. The van der Waals surface area contributed by atoms with Gasteiger partial charge in [0.15, 0.2) is 0 Å². The number of nitrogens with two attached hydrogens (primary N) is 1. The molecule has 1 aliphatic rings. The minimum Gasteiger partial charge on any atom is -0.364 e. The minimum absolute atomic E-state index is 0.343. The molecule has 1 aromatic rings. The summed E-state index contributed by atoms with van der Waals surface area (Å²) in [4.78, 5) is 14.8. The first kappa shape index (κ1) is 9.21. The van der Waals surface area contributed by atoms with E-state index in [1.165, 1.54) is 0 Å². The fraction of sp³-hybridized carbons (Fsp3) is 0.556. The average Bonchev–Trinajstić information content (AvgIpc) is 2.68. The van der Waals surface area contributed by atoms with Crippen molar-refractivity contribution in [2.45, 2.75) is 18.9 Å². The van der Waals surface area contributed by atoms with Crippen LogP contribution < -0.4 is 11.1 Å². The highest BCUT2D eigenvalue weighted by atomic mass is 16.1. The van der Waals surface area contributed by atoms with E-state index in [0.717, 1.165) is 25.9 Å². The first-order valence-corrected chi connectivity index (χ1v) is 4.81. The molecule has 5 heteroatoms. The maximum absolute atomic E-state index is 10.8. The Morgan fingerprint density at radius 2 is 2.57 bits per heavy atom. The zero-order chi connectivity index (χ0) is 9.97. The highest BCUT2D eigenvalue weighted by molar-refractivity contribution is 5.90. The third kappa shape index (κ3) is 1.77. The van der Waals surface area contributed by atoms with Gasteiger partial charge in [-0.3, -0.25) is 4.79 Å². The van der Waals surface area contributed by atoms with E-state index < -0.39 is 5.91 Å². The van der Waals surface area contributed by atoms with Crippen molar-refractivity contribution in [1.82, 2.24) is 14.9 Å². The molecule has 5 nitrogen and oxygen atoms in total. The maximum Gasteiger partial charge on any atom is 0.268 e. The molecule has 0 spiro atoms. The van der Waals surface area contributed by atoms with Crippen molar-refractivity contribution in [2.75, 3.05) is 13.1 Å². The van der Waals surface area contributed by atoms with Crippen LogP contribution in [0.15, 0.2) is 12.5 Å². The van der Waals surface area contributed by atoms with Crippen molar-refractivity contribution in [2.24, 2.45) is 5.73 Å². The molecule has 0 aromatic carbocycles. The summed E-state index contributed by atoms with van der Waals surface area (Å²) >= 11 is 0. The average molecular weight is 194 g/mol. The molecule has 1 amide bonds. The van der Waals surface area contributed by atoms with Gasteiger partial charge in [0.1, 0.15) is 5.69 Å². The second-order valence-electron chi connectivity index (χ2n) is 3.57. The predicted molar refractivity (Wildman–Crippen MR) is 51.9 cm³/mol. The summed E-state index contributed by atoms with van der Waals surface area (Å²) in [5.74, 6) is -0.465. The fourth-order valence-corrected chi connectivity index (χ4v) is 1.75. The third-order valence-electron chi connectivity index (χ3n) is 2.55. The number of amides is 1. The van der Waals surface area contributed by atoms with Gasteiger partial charge < -0.3 is 15.6 Å². The Balaban J connectivity index is 2.11. The first-order chi connectivity index (χ1) is 6.77. The van der Waals surface area contributed by atoms with Gasteiger partial charge in [-0.1, -0.05) is 0 Å². The van der Waals surface area contributed by atoms with E-state index in [2.05, 4.69) is 10.3 Å². The van der Waals surface area contributed by atoms with E-state index >= 15 is 0 Å². The topological polar surface area (TPSA) is 72.9 Å². The third-order valence-corrected chi connectivity index (χ3v) is 2.55. The lowest BCUT2D eigenvalue weighted by molar-refractivity contribution is 0.0996. The lowest BCUT2D eigenvalue weighted by atomic mass is 10.1. The summed E-state index contributed by atoms with van der Waals surface area (Å²) in [5.41, 5.74) is 5.47. The monoisotopic (exact) mass is 194 g/mol. The lowest BCUT2D eigenvalue weighted by Gasteiger charge is -2.23. The molecule has 0 aliphatic carbocycles. The standard InChI is InChI=1S/C9H14N4O/c10-9(14)8-5-13(6-12-8)7-2-1-3-11-4-7/h5-7,11H,1-4H2,(H2,10,14)/t7-/m1/s1. The van der Waals surface area contributed by atoms with Gasteiger partial charge in [0, 0.05) is 18.8 Å². The Kier molecular flexibility index (Phi) is 2.49. The van der Waals surface area contributed by atoms with Crippen LogP contribution in [-0.2, 0) is 0 Å². The number of nitrogens with one attached hydrogen (secondary N) is 1. The summed E-state index contributed by atoms with van der Waals surface area (Å²) in [6.07, 6.45) is 5.69. The van der Waals surface area contributed by atoms with Crippen molar-refractivity contribution in [3.63, 3.8) is 0 Å². The van der Waals surface area contributed by atoms with E-state index in [9.17, 15) is 4.79 Å². The van der Waals surface area contributed by atoms with Gasteiger partial charge in [0.2, 0.25) is 0 Å². The van der Waals surface area contributed by atoms with Gasteiger partial charge in [0.25, 0.3) is 5.91 Å². The number of carbonyl (C=O) groups excluding carboxylic acids is 1. The number of hydrogen-bond acceptors (Lipinski definition) is 3. The Bertz CT molecular complexity index is 327. The second kappa shape index (κ2) is 3.79. The van der Waals surface area contributed by atoms with Crippen LogP contribution in [0.25, 0.3) is 0 Å². The Labute approximate surface area is 82.3 Å². The zero-order valence-electron chi connectivity index (χ0n) is 7.94. The lowest BCUT2D eigenvalue weighted by Crippen LogP contribution is -2.31. The van der Waals surface area contributed by atoms with Gasteiger partial charge in [-0.15, -0.1) is 0 Å². The Morgan fingerprint density at radius 1 is 1.71 bits per heavy atom. The summed E-state index contributed by atoms with van der Waals surface area (Å²) in [6, 6.07) is 0.407. The van der Waals surface area contributed by atoms with Crippen LogP contribution in [0.5, 0.6) is 0 Å². The van der Waals surface area contributed by atoms with Crippen LogP contribution in [0.1, 0.15) is 29.4 Å². The number of rotatable bonds is 2. The van der Waals surface area contributed by atoms with E-state index in [-0.39, 0.29) is 0 Å². The highest BCUT2D eigenvalue weighted by Crippen LogP contribution is 2.16. The SMILES string of the molecule is NC(=O)c1cn([C@@H]2CCCNC2)cn1. The Morgan fingerprint density at radius 3 is 3.14 bits per heavy atom. The van der Waals surface area contributed by atoms with E-state index in [1.54, 1.807) is 12.5 Å². The van der Waals surface area contributed by atoms with Crippen LogP contribution in [0, 0.1) is 0 Å². The highest BCUT2D eigenvalue weighted by Gasteiger charge is 2.15. The number of hydrogen-bond donors (Lipinski definition) is 2. The quantitative estimate of drug-likeness (QED) is 0.691.